The molecule has 2 aromatic carbocycles. The first-order valence-electron chi connectivity index (χ1n) is 16.0. The molecular weight excluding hydrogens is 562 g/mol. The van der Waals surface area contributed by atoms with Crippen molar-refractivity contribution < 1.29 is 19.1 Å². The lowest BCUT2D eigenvalue weighted by Crippen LogP contribution is -2.44. The number of likely N-dealkylation sites (N-methyl/N-ethyl adjacent to an activating group) is 1. The van der Waals surface area contributed by atoms with Crippen molar-refractivity contribution in [1.29, 1.82) is 0 Å². The molecule has 1 atom stereocenters. The molecule has 1 amide bonds. The summed E-state index contributed by atoms with van der Waals surface area (Å²) in [7, 11) is 3.78. The number of rotatable bonds is 14. The van der Waals surface area contributed by atoms with Gasteiger partial charge >= 0.3 is 0 Å². The lowest BCUT2D eigenvalue weighted by atomic mass is 9.83. The number of benzene rings is 2. The summed E-state index contributed by atoms with van der Waals surface area (Å²) in [4.78, 5) is 34.3. The topological polar surface area (TPSA) is 62.3 Å². The molecule has 4 rings (SSSR count). The number of ketones is 1. The molecule has 2 aromatic rings. The van der Waals surface area contributed by atoms with Gasteiger partial charge in [0, 0.05) is 39.1 Å². The number of methoxy groups -OCH3 is 1. The molecule has 1 saturated carbocycles. The van der Waals surface area contributed by atoms with Crippen molar-refractivity contribution in [3.63, 3.8) is 0 Å². The molecule has 0 bridgehead atoms. The lowest BCUT2D eigenvalue weighted by Gasteiger charge is -2.34. The van der Waals surface area contributed by atoms with Gasteiger partial charge in [0.05, 0.1) is 19.4 Å². The number of carbonyl (C=O) groups excluding carboxylic acids is 2. The van der Waals surface area contributed by atoms with Gasteiger partial charge in [-0.1, -0.05) is 70.2 Å². The Morgan fingerprint density at radius 3 is 2.33 bits per heavy atom. The van der Waals surface area contributed by atoms with Crippen molar-refractivity contribution in [3.8, 4) is 11.5 Å². The van der Waals surface area contributed by atoms with Gasteiger partial charge in [0.2, 0.25) is 5.91 Å². The summed E-state index contributed by atoms with van der Waals surface area (Å²) in [5.41, 5.74) is 2.30. The normalized spacial score (nSPS) is 17.5. The van der Waals surface area contributed by atoms with E-state index in [1.165, 1.54) is 6.42 Å². The zero-order valence-corrected chi connectivity index (χ0v) is 27.3. The Bertz CT molecular complexity index is 1170. The number of piperazine rings is 1. The van der Waals surface area contributed by atoms with E-state index < -0.39 is 6.04 Å². The third-order valence-electron chi connectivity index (χ3n) is 8.95. The van der Waals surface area contributed by atoms with E-state index in [2.05, 4.69) is 30.7 Å². The number of alkyl halides is 1. The van der Waals surface area contributed by atoms with E-state index in [1.807, 2.05) is 42.5 Å². The lowest BCUT2D eigenvalue weighted by molar-refractivity contribution is -0.125. The van der Waals surface area contributed by atoms with Crippen LogP contribution in [0.15, 0.2) is 42.5 Å². The number of para-hydroxylation sites is 1. The largest absolute Gasteiger partial charge is 0.494 e. The first-order valence-corrected chi connectivity index (χ1v) is 16.6. The van der Waals surface area contributed by atoms with Crippen LogP contribution in [-0.4, -0.2) is 80.9 Å². The molecule has 0 radical (unpaired) electrons. The first-order chi connectivity index (χ1) is 20.8. The molecule has 1 heterocycles. The Kier molecular flexibility index (Phi) is 12.7. The maximum absolute atomic E-state index is 14.2. The summed E-state index contributed by atoms with van der Waals surface area (Å²) < 4.78 is 12.0. The highest BCUT2D eigenvalue weighted by atomic mass is 35.5. The van der Waals surface area contributed by atoms with Crippen molar-refractivity contribution in [2.24, 2.45) is 5.92 Å². The van der Waals surface area contributed by atoms with Crippen LogP contribution in [0.5, 0.6) is 11.5 Å². The standard InChI is InChI=1S/C35H50ClN3O4/c1-26(2)30-12-8-13-31(35(30)42-4)39(33(41)25-36)34(32(40)24-27-10-6-5-7-11-27)28-14-16-29(17-15-28)43-23-9-18-38-21-19-37(3)20-22-38/h8,12-17,26-27,34H,5-7,9-11,18-25H2,1-4H3. The maximum atomic E-state index is 14.2. The van der Waals surface area contributed by atoms with Crippen molar-refractivity contribution in [2.45, 2.75) is 70.8 Å². The highest BCUT2D eigenvalue weighted by molar-refractivity contribution is 6.30. The number of carbonyl (C=O) groups is 2. The minimum Gasteiger partial charge on any atom is -0.494 e. The van der Waals surface area contributed by atoms with E-state index in [0.29, 0.717) is 30.4 Å². The average molecular weight is 612 g/mol. The van der Waals surface area contributed by atoms with Gasteiger partial charge in [-0.25, -0.2) is 0 Å². The van der Waals surface area contributed by atoms with Gasteiger partial charge in [0.25, 0.3) is 0 Å². The molecular formula is C35H50ClN3O4. The Balaban J connectivity index is 1.58. The number of nitrogens with zero attached hydrogens (tertiary/aromatic N) is 3. The molecule has 1 unspecified atom stereocenters. The van der Waals surface area contributed by atoms with Crippen molar-refractivity contribution in [1.82, 2.24) is 9.80 Å². The van der Waals surface area contributed by atoms with E-state index >= 15 is 0 Å². The molecule has 236 valence electrons. The van der Waals surface area contributed by atoms with Crippen molar-refractivity contribution >= 4 is 29.0 Å². The van der Waals surface area contributed by atoms with E-state index in [0.717, 1.165) is 81.7 Å². The summed E-state index contributed by atoms with van der Waals surface area (Å²) in [6.07, 6.45) is 7.02. The monoisotopic (exact) mass is 611 g/mol. The van der Waals surface area contributed by atoms with Crippen LogP contribution in [0.2, 0.25) is 0 Å². The molecule has 0 N–H and O–H groups in total. The fourth-order valence-corrected chi connectivity index (χ4v) is 6.58. The number of hydrogen-bond acceptors (Lipinski definition) is 6. The van der Waals surface area contributed by atoms with Crippen LogP contribution >= 0.6 is 11.6 Å². The number of Topliss-reactive ketones (excluding diaryl/α,β-unsaturated/α-hetero) is 1. The Hall–Kier alpha value is -2.61. The predicted octanol–water partition coefficient (Wildman–Crippen LogP) is 6.69. The molecule has 1 saturated heterocycles. The second-order valence-corrected chi connectivity index (χ2v) is 12.7. The van der Waals surface area contributed by atoms with Crippen LogP contribution in [0, 0.1) is 5.92 Å². The number of halogens is 1. The van der Waals surface area contributed by atoms with Crippen LogP contribution in [0.25, 0.3) is 0 Å². The number of amides is 1. The maximum Gasteiger partial charge on any atom is 0.242 e. The summed E-state index contributed by atoms with van der Waals surface area (Å²) in [5, 5.41) is 0. The third kappa shape index (κ3) is 8.96. The SMILES string of the molecule is COc1c(C(C)C)cccc1N(C(=O)CCl)C(C(=O)CC1CCCCC1)c1ccc(OCCCN2CCN(C)CC2)cc1. The average Bonchev–Trinajstić information content (AvgIpc) is 3.02. The second-order valence-electron chi connectivity index (χ2n) is 12.4. The van der Waals surface area contributed by atoms with E-state index in [9.17, 15) is 9.59 Å². The summed E-state index contributed by atoms with van der Waals surface area (Å²) in [6, 6.07) is 12.6. The quantitative estimate of drug-likeness (QED) is 0.175. The van der Waals surface area contributed by atoms with Crippen LogP contribution in [0.1, 0.15) is 81.9 Å². The third-order valence-corrected chi connectivity index (χ3v) is 9.18. The van der Waals surface area contributed by atoms with Gasteiger partial charge in [-0.15, -0.1) is 11.6 Å². The molecule has 7 nitrogen and oxygen atoms in total. The smallest absolute Gasteiger partial charge is 0.242 e. The van der Waals surface area contributed by atoms with Crippen LogP contribution in [0.4, 0.5) is 5.69 Å². The number of hydrogen-bond donors (Lipinski definition) is 0. The summed E-state index contributed by atoms with van der Waals surface area (Å²) >= 11 is 6.21. The van der Waals surface area contributed by atoms with Crippen molar-refractivity contribution in [2.75, 3.05) is 64.3 Å². The van der Waals surface area contributed by atoms with Crippen LogP contribution in [-0.2, 0) is 9.59 Å². The highest BCUT2D eigenvalue weighted by Crippen LogP contribution is 2.41. The second kappa shape index (κ2) is 16.5. The number of ether oxygens (including phenoxy) is 2. The van der Waals surface area contributed by atoms with E-state index in [1.54, 1.807) is 12.0 Å². The summed E-state index contributed by atoms with van der Waals surface area (Å²) in [6.45, 7) is 10.3. The van der Waals surface area contributed by atoms with Crippen LogP contribution in [0.3, 0.4) is 0 Å². The fourth-order valence-electron chi connectivity index (χ4n) is 6.45. The minimum absolute atomic E-state index is 0.0308. The van der Waals surface area contributed by atoms with Gasteiger partial charge in [-0.05, 0) is 54.6 Å². The highest BCUT2D eigenvalue weighted by Gasteiger charge is 2.35. The Morgan fingerprint density at radius 2 is 1.70 bits per heavy atom. The zero-order valence-electron chi connectivity index (χ0n) is 26.5. The molecule has 0 spiro atoms. The minimum atomic E-state index is -0.809. The molecule has 2 fully saturated rings. The first kappa shape index (κ1) is 33.3. The van der Waals surface area contributed by atoms with Gasteiger partial charge in [-0.2, -0.15) is 0 Å². The summed E-state index contributed by atoms with van der Waals surface area (Å²) in [5.74, 6) is 1.34. The van der Waals surface area contributed by atoms with Gasteiger partial charge in [-0.3, -0.25) is 14.5 Å². The van der Waals surface area contributed by atoms with E-state index in [-0.39, 0.29) is 23.5 Å². The fraction of sp³-hybridized carbons (Fsp3) is 0.600. The Labute approximate surface area is 263 Å². The Morgan fingerprint density at radius 1 is 1.00 bits per heavy atom. The van der Waals surface area contributed by atoms with Gasteiger partial charge in [0.1, 0.15) is 23.4 Å². The predicted molar refractivity (Wildman–Crippen MR) is 175 cm³/mol. The number of anilines is 1. The molecule has 1 aliphatic carbocycles. The molecule has 2 aliphatic rings. The van der Waals surface area contributed by atoms with Crippen LogP contribution < -0.4 is 14.4 Å². The van der Waals surface area contributed by atoms with Gasteiger partial charge < -0.3 is 19.3 Å². The van der Waals surface area contributed by atoms with Gasteiger partial charge in [0.15, 0.2) is 5.78 Å². The molecule has 0 aromatic heterocycles. The molecule has 43 heavy (non-hydrogen) atoms. The van der Waals surface area contributed by atoms with Crippen molar-refractivity contribution in [3.05, 3.63) is 53.6 Å². The zero-order chi connectivity index (χ0) is 30.8. The molecule has 1 aliphatic heterocycles. The molecule has 8 heteroatoms. The van der Waals surface area contributed by atoms with E-state index in [4.69, 9.17) is 21.1 Å².